The Hall–Kier alpha value is -0.610. The molecule has 4 nitrogen and oxygen atoms in total. The fraction of sp³-hybridized carbons (Fsp3) is 0.800. The van der Waals surface area contributed by atoms with Gasteiger partial charge in [0.2, 0.25) is 0 Å². The van der Waals surface area contributed by atoms with Crippen molar-refractivity contribution < 1.29 is 4.79 Å². The van der Waals surface area contributed by atoms with Gasteiger partial charge in [-0.3, -0.25) is 9.80 Å². The van der Waals surface area contributed by atoms with Gasteiger partial charge in [-0.15, -0.1) is 0 Å². The Labute approximate surface area is 54.4 Å². The molecule has 0 aromatic rings. The summed E-state index contributed by atoms with van der Waals surface area (Å²) in [6.07, 6.45) is 2.84. The first-order valence-corrected chi connectivity index (χ1v) is 2.97. The monoisotopic (exact) mass is 128 g/mol. The molecule has 0 unspecified atom stereocenters. The molecule has 0 spiro atoms. The molecule has 1 amide bonds. The Morgan fingerprint density at radius 2 is 2.56 bits per heavy atom. The number of rotatable bonds is 2. The Morgan fingerprint density at radius 3 is 3.00 bits per heavy atom. The van der Waals surface area contributed by atoms with Crippen LogP contribution in [0.4, 0.5) is 0 Å². The number of hydrogen-bond acceptors (Lipinski definition) is 3. The summed E-state index contributed by atoms with van der Waals surface area (Å²) in [6.45, 7) is 1.84. The quantitative estimate of drug-likeness (QED) is 0.490. The van der Waals surface area contributed by atoms with Crippen LogP contribution in [0.3, 0.4) is 0 Å². The lowest BCUT2D eigenvalue weighted by Gasteiger charge is -2.21. The van der Waals surface area contributed by atoms with E-state index in [1.54, 1.807) is 18.6 Å². The van der Waals surface area contributed by atoms with Crippen molar-refractivity contribution in [1.29, 1.82) is 0 Å². The van der Waals surface area contributed by atoms with Crippen LogP contribution in [0.2, 0.25) is 0 Å². The average molecular weight is 128 g/mol. The zero-order valence-electron chi connectivity index (χ0n) is 5.42. The normalized spacial score (nSPS) is 20.1. The SMILES string of the molecule is CN([C]=O)N1CCCN1. The molecule has 0 bridgehead atoms. The zero-order chi connectivity index (χ0) is 6.69. The van der Waals surface area contributed by atoms with Crippen LogP contribution in [0.25, 0.3) is 0 Å². The van der Waals surface area contributed by atoms with E-state index >= 15 is 0 Å². The molecular weight excluding hydrogens is 118 g/mol. The molecule has 51 valence electrons. The van der Waals surface area contributed by atoms with Crippen molar-refractivity contribution in [3.05, 3.63) is 0 Å². The molecule has 1 aliphatic rings. The van der Waals surface area contributed by atoms with E-state index in [4.69, 9.17) is 0 Å². The lowest BCUT2D eigenvalue weighted by atomic mass is 10.5. The summed E-state index contributed by atoms with van der Waals surface area (Å²) in [5.74, 6) is 0. The second-order valence-corrected chi connectivity index (χ2v) is 2.00. The largest absolute Gasteiger partial charge is 0.328 e. The van der Waals surface area contributed by atoms with Crippen LogP contribution in [0, 0.1) is 0 Å². The summed E-state index contributed by atoms with van der Waals surface area (Å²) >= 11 is 0. The molecule has 1 fully saturated rings. The third-order valence-electron chi connectivity index (χ3n) is 1.34. The van der Waals surface area contributed by atoms with Gasteiger partial charge in [0.15, 0.2) is 0 Å². The Kier molecular flexibility index (Phi) is 2.02. The Bertz CT molecular complexity index is 100. The molecule has 1 saturated heterocycles. The summed E-state index contributed by atoms with van der Waals surface area (Å²) in [4.78, 5) is 10.0. The van der Waals surface area contributed by atoms with Gasteiger partial charge >= 0.3 is 6.41 Å². The van der Waals surface area contributed by atoms with Crippen LogP contribution in [0.15, 0.2) is 0 Å². The molecule has 1 aliphatic heterocycles. The van der Waals surface area contributed by atoms with Gasteiger partial charge in [0.25, 0.3) is 0 Å². The van der Waals surface area contributed by atoms with Crippen LogP contribution in [0.1, 0.15) is 6.42 Å². The number of nitrogens with zero attached hydrogens (tertiary/aromatic N) is 2. The second kappa shape index (κ2) is 2.80. The maximum atomic E-state index is 10.0. The van der Waals surface area contributed by atoms with E-state index in [1.807, 2.05) is 0 Å². The predicted molar refractivity (Wildman–Crippen MR) is 32.8 cm³/mol. The highest BCUT2D eigenvalue weighted by atomic mass is 16.2. The van der Waals surface area contributed by atoms with E-state index in [-0.39, 0.29) is 0 Å². The maximum absolute atomic E-state index is 10.0. The minimum absolute atomic E-state index is 0.895. The van der Waals surface area contributed by atoms with Gasteiger partial charge in [-0.25, -0.2) is 5.43 Å². The molecule has 0 atom stereocenters. The van der Waals surface area contributed by atoms with Crippen molar-refractivity contribution in [3.63, 3.8) is 0 Å². The topological polar surface area (TPSA) is 35.6 Å². The Morgan fingerprint density at radius 1 is 1.78 bits per heavy atom. The first-order valence-electron chi connectivity index (χ1n) is 2.97. The van der Waals surface area contributed by atoms with Crippen molar-refractivity contribution in [2.45, 2.75) is 6.42 Å². The third kappa shape index (κ3) is 1.40. The number of hydrazine groups is 2. The van der Waals surface area contributed by atoms with Crippen LogP contribution in [0.5, 0.6) is 0 Å². The highest BCUT2D eigenvalue weighted by Gasteiger charge is 2.13. The molecule has 1 rings (SSSR count). The predicted octanol–water partition coefficient (Wildman–Crippen LogP) is -0.889. The fourth-order valence-corrected chi connectivity index (χ4v) is 0.821. The van der Waals surface area contributed by atoms with Gasteiger partial charge in [0.05, 0.1) is 0 Å². The van der Waals surface area contributed by atoms with Crippen molar-refractivity contribution in [1.82, 2.24) is 15.6 Å². The molecular formula is C5H10N3O. The molecule has 0 saturated carbocycles. The van der Waals surface area contributed by atoms with E-state index in [1.165, 1.54) is 5.01 Å². The number of carbonyl (C=O) groups excluding carboxylic acids is 1. The van der Waals surface area contributed by atoms with E-state index in [2.05, 4.69) is 5.43 Å². The minimum atomic E-state index is 0.895. The molecule has 1 radical (unpaired) electrons. The maximum Gasteiger partial charge on any atom is 0.328 e. The standard InChI is InChI=1S/C5H10N3O/c1-7(5-9)8-4-2-3-6-8/h6H,2-4H2,1H3. The number of hydrogen-bond donors (Lipinski definition) is 1. The second-order valence-electron chi connectivity index (χ2n) is 2.00. The van der Waals surface area contributed by atoms with Gasteiger partial charge in [0.1, 0.15) is 0 Å². The van der Waals surface area contributed by atoms with Gasteiger partial charge in [-0.05, 0) is 6.42 Å². The summed E-state index contributed by atoms with van der Waals surface area (Å²) in [6, 6.07) is 0. The Balaban J connectivity index is 2.32. The van der Waals surface area contributed by atoms with Gasteiger partial charge in [-0.2, -0.15) is 5.12 Å². The smallest absolute Gasteiger partial charge is 0.262 e. The number of nitrogens with one attached hydrogen (secondary N) is 1. The summed E-state index contributed by atoms with van der Waals surface area (Å²) < 4.78 is 0. The molecule has 9 heavy (non-hydrogen) atoms. The molecule has 1 heterocycles. The lowest BCUT2D eigenvalue weighted by Crippen LogP contribution is -2.43. The van der Waals surface area contributed by atoms with Crippen molar-refractivity contribution in [3.8, 4) is 0 Å². The van der Waals surface area contributed by atoms with Crippen molar-refractivity contribution >= 4 is 6.41 Å². The first-order chi connectivity index (χ1) is 4.34. The van der Waals surface area contributed by atoms with Gasteiger partial charge in [-0.1, -0.05) is 0 Å². The molecule has 0 aliphatic carbocycles. The highest BCUT2D eigenvalue weighted by Crippen LogP contribution is 1.96. The van der Waals surface area contributed by atoms with Crippen molar-refractivity contribution in [2.75, 3.05) is 20.1 Å². The number of amides is 1. The minimum Gasteiger partial charge on any atom is -0.262 e. The molecule has 1 N–H and O–H groups in total. The zero-order valence-corrected chi connectivity index (χ0v) is 5.42. The summed E-state index contributed by atoms with van der Waals surface area (Å²) in [5.41, 5.74) is 3.00. The van der Waals surface area contributed by atoms with Crippen LogP contribution in [-0.2, 0) is 4.79 Å². The molecule has 0 aromatic carbocycles. The lowest BCUT2D eigenvalue weighted by molar-refractivity contribution is 0.0449. The summed E-state index contributed by atoms with van der Waals surface area (Å²) in [7, 11) is 1.67. The summed E-state index contributed by atoms with van der Waals surface area (Å²) in [5, 5.41) is 3.12. The van der Waals surface area contributed by atoms with Gasteiger partial charge < -0.3 is 0 Å². The fourth-order valence-electron chi connectivity index (χ4n) is 0.821. The van der Waals surface area contributed by atoms with Crippen LogP contribution in [-0.4, -0.2) is 36.7 Å². The van der Waals surface area contributed by atoms with Crippen LogP contribution < -0.4 is 5.43 Å². The van der Waals surface area contributed by atoms with Gasteiger partial charge in [0, 0.05) is 20.1 Å². The average Bonchev–Trinajstić information content (AvgIpc) is 2.37. The van der Waals surface area contributed by atoms with Crippen LogP contribution >= 0.6 is 0 Å². The highest BCUT2D eigenvalue weighted by molar-refractivity contribution is 5.46. The first kappa shape index (κ1) is 6.51. The third-order valence-corrected chi connectivity index (χ3v) is 1.34. The van der Waals surface area contributed by atoms with E-state index in [0.29, 0.717) is 0 Å². The van der Waals surface area contributed by atoms with E-state index in [0.717, 1.165) is 19.5 Å². The molecule has 4 heteroatoms. The van der Waals surface area contributed by atoms with E-state index < -0.39 is 0 Å². The van der Waals surface area contributed by atoms with E-state index in [9.17, 15) is 4.79 Å². The van der Waals surface area contributed by atoms with Crippen molar-refractivity contribution in [2.24, 2.45) is 0 Å². The molecule has 0 aromatic heterocycles.